The number of hydrogen-bond acceptors (Lipinski definition) is 26. The third-order valence-electron chi connectivity index (χ3n) is 24.2. The molecule has 15 unspecified atom stereocenters. The van der Waals surface area contributed by atoms with Crippen molar-refractivity contribution in [3.05, 3.63) is 138 Å². The maximum Gasteiger partial charge on any atom is 0.305 e. The lowest BCUT2D eigenvalue weighted by Gasteiger charge is -2.29. The lowest BCUT2D eigenvalue weighted by molar-refractivity contribution is -0.141. The predicted octanol–water partition coefficient (Wildman–Crippen LogP) is -4.18. The average Bonchev–Trinajstić information content (AvgIpc) is 1.87. The number of fused-ring (bicyclic) bond motifs is 2. The monoisotopic (exact) mass is 2080 g/mol. The summed E-state index contributed by atoms with van der Waals surface area (Å²) in [6.45, 7) is 2.67. The molecule has 0 aliphatic carbocycles. The van der Waals surface area contributed by atoms with E-state index >= 15 is 0 Å². The number of carbonyl (C=O) groups is 24. The molecule has 2 aliphatic heterocycles. The van der Waals surface area contributed by atoms with Gasteiger partial charge in [0, 0.05) is 119 Å². The first-order valence-corrected chi connectivity index (χ1v) is 47.8. The number of phenols is 1. The molecule has 0 bridgehead atoms. The molecule has 2 saturated heterocycles. The minimum atomic E-state index is -2.15. The molecular formula is C97H124N20O32. The molecule has 2 aliphatic rings. The number of hydrogen-bond donors (Lipinski definition) is 26. The number of primary amides is 1. The van der Waals surface area contributed by atoms with Gasteiger partial charge < -0.3 is 146 Å². The summed E-state index contributed by atoms with van der Waals surface area (Å²) >= 11 is 0. The molecule has 6 aromatic rings. The number of aliphatic carboxylic acids is 6. The number of nitrogens with two attached hydrogens (primary N) is 1. The largest absolute Gasteiger partial charge is 0.508 e. The zero-order valence-corrected chi connectivity index (χ0v) is 81.7. The van der Waals surface area contributed by atoms with Crippen LogP contribution in [0.2, 0.25) is 0 Å². The summed E-state index contributed by atoms with van der Waals surface area (Å²) in [5.74, 6) is -29.6. The van der Waals surface area contributed by atoms with E-state index in [0.717, 1.165) is 6.92 Å². The van der Waals surface area contributed by atoms with Crippen molar-refractivity contribution in [1.29, 1.82) is 0 Å². The fourth-order valence-corrected chi connectivity index (χ4v) is 16.4. The maximum atomic E-state index is 14.9. The van der Waals surface area contributed by atoms with Crippen molar-refractivity contribution >= 4 is 164 Å². The Hall–Kier alpha value is -17.0. The van der Waals surface area contributed by atoms with E-state index in [1.54, 1.807) is 98.9 Å². The number of likely N-dealkylation sites (tertiary alicyclic amines) is 1. The van der Waals surface area contributed by atoms with E-state index in [2.05, 4.69) is 95.0 Å². The summed E-state index contributed by atoms with van der Waals surface area (Å²) in [7, 11) is 1.26. The van der Waals surface area contributed by atoms with Gasteiger partial charge in [0.05, 0.1) is 19.5 Å². The number of methoxy groups -OCH3 is 1. The Morgan fingerprint density at radius 3 is 1.23 bits per heavy atom. The first-order chi connectivity index (χ1) is 70.7. The molecule has 27 N–H and O–H groups in total. The quantitative estimate of drug-likeness (QED) is 0.0172. The van der Waals surface area contributed by atoms with Crippen molar-refractivity contribution in [2.75, 3.05) is 33.4 Å². The number of aromatic hydroxyl groups is 1. The summed E-state index contributed by atoms with van der Waals surface area (Å²) in [6, 6.07) is 1.50. The Balaban J connectivity index is 0.957. The van der Waals surface area contributed by atoms with Crippen molar-refractivity contribution in [2.24, 2.45) is 11.7 Å². The smallest absolute Gasteiger partial charge is 0.305 e. The molecule has 2 aromatic heterocycles. The fourth-order valence-electron chi connectivity index (χ4n) is 16.4. The van der Waals surface area contributed by atoms with Crippen molar-refractivity contribution in [3.63, 3.8) is 0 Å². The Morgan fingerprint density at radius 2 is 0.785 bits per heavy atom. The molecule has 149 heavy (non-hydrogen) atoms. The molecular weight excluding hydrogens is 1960 g/mol. The molecule has 804 valence electrons. The number of H-pyrrole nitrogens is 2. The van der Waals surface area contributed by atoms with Gasteiger partial charge in [0.15, 0.2) is 0 Å². The maximum absolute atomic E-state index is 14.9. The van der Waals surface area contributed by atoms with Gasteiger partial charge >= 0.3 is 35.8 Å². The molecule has 4 heterocycles. The van der Waals surface area contributed by atoms with E-state index in [0.29, 0.717) is 44.9 Å². The number of amides is 18. The second-order valence-corrected chi connectivity index (χ2v) is 36.1. The van der Waals surface area contributed by atoms with Gasteiger partial charge in [-0.1, -0.05) is 92.7 Å². The number of carboxylic acids is 6. The number of benzene rings is 4. The number of aromatic amines is 2. The number of ether oxygens (including phenoxy) is 1. The Labute approximate surface area is 850 Å². The van der Waals surface area contributed by atoms with Gasteiger partial charge in [-0.15, -0.1) is 0 Å². The third-order valence-corrected chi connectivity index (χ3v) is 24.2. The molecule has 15 atom stereocenters. The topological polar surface area (TPSA) is 814 Å². The second-order valence-electron chi connectivity index (χ2n) is 36.1. The summed E-state index contributed by atoms with van der Waals surface area (Å²) in [6.07, 6.45) is -7.88. The van der Waals surface area contributed by atoms with E-state index in [9.17, 15) is 151 Å². The first kappa shape index (κ1) is 117. The molecule has 52 nitrogen and oxygen atoms in total. The molecule has 18 amide bonds. The summed E-state index contributed by atoms with van der Waals surface area (Å²) in [4.78, 5) is 334. The van der Waals surface area contributed by atoms with Gasteiger partial charge in [-0.05, 0) is 124 Å². The van der Waals surface area contributed by atoms with Crippen molar-refractivity contribution < 1.29 is 156 Å². The molecule has 0 spiro atoms. The van der Waals surface area contributed by atoms with Crippen LogP contribution >= 0.6 is 0 Å². The SMILES string of the molecule is COCCC(NC(=O)C(Cc1c[nH]c2ccccc12)NC(=O)CNC(=O)C(Cc1ccc(O)cc1)NC(=O)C(C)NC(=O)C(CCC(=O)O)NC(=O)C(CCC(=O)O)NC(=O)C(CCC(=O)O)NC(=O)C(CCC(=O)O)NC(=O)C(CCC(=O)O)NC(=O)C(CC(C)C)NC(=O)C(Cc1c[nH]c2ccccc12)NC(=O)C1CCCN1C(=O)CNC(=O)C1CCC(=O)N1)C(=O)NC(CC(=O)O)C(=O)NC(Cc1ccccc1)C(N)=O. The van der Waals surface area contributed by atoms with Crippen LogP contribution in [0.1, 0.15) is 152 Å². The normalized spacial score (nSPS) is 15.7. The highest BCUT2D eigenvalue weighted by Crippen LogP contribution is 2.25. The van der Waals surface area contributed by atoms with Crippen LogP contribution in [0.25, 0.3) is 21.8 Å². The van der Waals surface area contributed by atoms with Crippen LogP contribution in [0.15, 0.2) is 116 Å². The Bertz CT molecular complexity index is 5870. The number of rotatable bonds is 62. The van der Waals surface area contributed by atoms with Crippen LogP contribution in [-0.4, -0.2) is 317 Å². The zero-order valence-electron chi connectivity index (χ0n) is 81.7. The van der Waals surface area contributed by atoms with Gasteiger partial charge in [-0.3, -0.25) is 115 Å². The minimum Gasteiger partial charge on any atom is -0.508 e. The van der Waals surface area contributed by atoms with Crippen LogP contribution in [0.3, 0.4) is 0 Å². The summed E-state index contributed by atoms with van der Waals surface area (Å²) < 4.78 is 5.20. The number of nitrogens with one attached hydrogen (secondary N) is 18. The van der Waals surface area contributed by atoms with E-state index < -0.39 is 323 Å². The fraction of sp³-hybridized carbons (Fsp3) is 0.464. The zero-order chi connectivity index (χ0) is 109. The highest BCUT2D eigenvalue weighted by Gasteiger charge is 2.42. The van der Waals surface area contributed by atoms with E-state index in [4.69, 9.17) is 10.5 Å². The van der Waals surface area contributed by atoms with E-state index in [1.165, 1.54) is 42.5 Å². The third kappa shape index (κ3) is 38.2. The highest BCUT2D eigenvalue weighted by atomic mass is 16.5. The van der Waals surface area contributed by atoms with Gasteiger partial charge in [0.1, 0.15) is 96.4 Å². The number of phenolic OH excluding ortho intramolecular Hbond substituents is 1. The van der Waals surface area contributed by atoms with Crippen LogP contribution < -0.4 is 90.8 Å². The van der Waals surface area contributed by atoms with Crippen LogP contribution in [0.5, 0.6) is 5.75 Å². The van der Waals surface area contributed by atoms with Gasteiger partial charge in [0.25, 0.3) is 0 Å². The molecule has 0 radical (unpaired) electrons. The summed E-state index contributed by atoms with van der Waals surface area (Å²) in [5, 5.41) is 109. The highest BCUT2D eigenvalue weighted by molar-refractivity contribution is 6.03. The molecule has 4 aromatic carbocycles. The Morgan fingerprint density at radius 1 is 0.396 bits per heavy atom. The number of aromatic nitrogens is 2. The van der Waals surface area contributed by atoms with Crippen LogP contribution in [-0.2, 0) is 145 Å². The van der Waals surface area contributed by atoms with E-state index in [1.807, 2.05) is 0 Å². The van der Waals surface area contributed by atoms with Gasteiger partial charge in [-0.25, -0.2) is 0 Å². The number of nitrogens with zero attached hydrogens (tertiary/aromatic N) is 1. The minimum absolute atomic E-state index is 0.0734. The molecule has 0 saturated carbocycles. The van der Waals surface area contributed by atoms with Crippen molar-refractivity contribution in [3.8, 4) is 5.75 Å². The standard InChI is InChI=1S/C97H124N20O32/c1-49(2)39-68(114-95(146)71(43-54-46-100-59-18-11-9-16-57(54)59)116-97(148)73-19-12-37-117(73)76(121)48-102-85(136)60-24-30-74(119)104-60)93(144)110-65(29-35-81(130)131)91(142)109-64(28-34-80(128)129)90(141)108-63(27-33-79(126)127)89(140)107-62(26-32-78(124)125)88(139)106-61(25-31-77(122)123)87(138)103-50(3)84(135)113-69(41-52-20-22-55(118)23-21-52)86(137)101-47-75(120)105-70(42-53-45-99-58-17-10-8-15-56(53)58)94(145)111-66(36-38-149-4)92(143)115-72(44-82(132)133)96(147)112-67(83(98)134)40-51-13-6-5-7-14-51/h5-11,13-18,20-23,45-46,49-50,60-73,99-100,118H,12,19,24-44,47-48H2,1-4H3,(H2,98,134)(H,101,137)(H,102,136)(H,103,138)(H,104,119)(H,105,120)(H,106,139)(H,107,140)(H,108,141)(H,109,142)(H,110,144)(H,111,145)(H,112,147)(H,113,135)(H,114,146)(H,115,143)(H,116,148)(H,122,123)(H,124,125)(H,126,127)(H,128,129)(H,130,131)(H,132,133). The number of carboxylic acid groups (broad SMARTS) is 6. The van der Waals surface area contributed by atoms with Gasteiger partial charge in [0.2, 0.25) is 106 Å². The van der Waals surface area contributed by atoms with Crippen molar-refractivity contribution in [1.82, 2.24) is 99.9 Å². The molecule has 2 fully saturated rings. The summed E-state index contributed by atoms with van der Waals surface area (Å²) in [5.41, 5.74) is 8.59. The lowest BCUT2D eigenvalue weighted by atomic mass is 9.99. The first-order valence-electron chi connectivity index (χ1n) is 47.8. The van der Waals surface area contributed by atoms with Crippen LogP contribution in [0, 0.1) is 5.92 Å². The second kappa shape index (κ2) is 57.6. The lowest BCUT2D eigenvalue weighted by Crippen LogP contribution is -2.61. The number of carbonyl (C=O) groups excluding carboxylic acids is 18. The predicted molar refractivity (Wildman–Crippen MR) is 520 cm³/mol. The number of para-hydroxylation sites is 2. The Kier molecular flexibility index (Phi) is 45.3. The van der Waals surface area contributed by atoms with Gasteiger partial charge in [-0.2, -0.15) is 0 Å². The average molecular weight is 2080 g/mol. The van der Waals surface area contributed by atoms with Crippen molar-refractivity contribution in [2.45, 2.75) is 246 Å². The molecule has 52 heteroatoms. The van der Waals surface area contributed by atoms with E-state index in [-0.39, 0.29) is 81.7 Å². The van der Waals surface area contributed by atoms with Crippen LogP contribution in [0.4, 0.5) is 0 Å². The molecule has 8 rings (SSSR count).